The van der Waals surface area contributed by atoms with E-state index < -0.39 is 0 Å². The van der Waals surface area contributed by atoms with Crippen molar-refractivity contribution in [1.82, 2.24) is 0 Å². The van der Waals surface area contributed by atoms with E-state index in [4.69, 9.17) is 0 Å². The Kier molecular flexibility index (Phi) is 10.3. The van der Waals surface area contributed by atoms with Crippen LogP contribution in [-0.2, 0) is 0 Å². The minimum atomic E-state index is 0.403. The molecule has 0 atom stereocenters. The summed E-state index contributed by atoms with van der Waals surface area (Å²) in [5.74, 6) is 0. The Morgan fingerprint density at radius 1 is 1.14 bits per heavy atom. The van der Waals surface area contributed by atoms with Gasteiger partial charge >= 0.3 is 0 Å². The average Bonchev–Trinajstić information content (AvgIpc) is 2.06. The first kappa shape index (κ1) is 15.9. The first-order valence-electron chi connectivity index (χ1n) is 5.81. The maximum absolute atomic E-state index is 2.31. The predicted molar refractivity (Wildman–Crippen MR) is 68.6 cm³/mol. The summed E-state index contributed by atoms with van der Waals surface area (Å²) >= 11 is 0. The van der Waals surface area contributed by atoms with Gasteiger partial charge in [-0.25, -0.2) is 0 Å². The van der Waals surface area contributed by atoms with Crippen LogP contribution in [0.3, 0.4) is 0 Å². The number of allylic oxidation sites excluding steroid dienone is 4. The summed E-state index contributed by atoms with van der Waals surface area (Å²) < 4.78 is 0. The maximum Gasteiger partial charge on any atom is -0.0233 e. The molecule has 0 nitrogen and oxygen atoms in total. The van der Waals surface area contributed by atoms with E-state index in [1.807, 2.05) is 13.8 Å². The van der Waals surface area contributed by atoms with Gasteiger partial charge in [0.05, 0.1) is 0 Å². The molecule has 0 heterocycles. The SMILES string of the molecule is C/C=C\C(=C/CC)CC(C)(C)C.CC. The molecule has 0 unspecified atom stereocenters. The molecular weight excluding hydrogens is 168 g/mol. The van der Waals surface area contributed by atoms with Gasteiger partial charge in [-0.15, -0.1) is 0 Å². The van der Waals surface area contributed by atoms with Crippen LogP contribution in [0.1, 0.15) is 61.3 Å². The van der Waals surface area contributed by atoms with Crippen molar-refractivity contribution in [1.29, 1.82) is 0 Å². The predicted octanol–water partition coefficient (Wildman–Crippen LogP) is 5.36. The standard InChI is InChI=1S/C12H22.C2H6/c1-6-8-11(9-7-2)10-12(3,4)5;1-2/h6,8-9H,7,10H2,1-5H3;1-2H3/b8-6-,11-9+;. The summed E-state index contributed by atoms with van der Waals surface area (Å²) in [6.45, 7) is 15.1. The minimum Gasteiger partial charge on any atom is -0.0874 e. The van der Waals surface area contributed by atoms with E-state index in [9.17, 15) is 0 Å². The van der Waals surface area contributed by atoms with Crippen LogP contribution in [0.2, 0.25) is 0 Å². The third kappa shape index (κ3) is 11.5. The van der Waals surface area contributed by atoms with Crippen molar-refractivity contribution in [2.75, 3.05) is 0 Å². The van der Waals surface area contributed by atoms with Gasteiger partial charge in [-0.1, -0.05) is 65.3 Å². The molecular formula is C14H28. The van der Waals surface area contributed by atoms with Crippen LogP contribution in [0.4, 0.5) is 0 Å². The highest BCUT2D eigenvalue weighted by atomic mass is 14.2. The second kappa shape index (κ2) is 9.05. The molecule has 0 rings (SSSR count). The Labute approximate surface area is 91.1 Å². The normalized spacial score (nSPS) is 12.6. The van der Waals surface area contributed by atoms with Crippen molar-refractivity contribution < 1.29 is 0 Å². The Hall–Kier alpha value is -0.520. The lowest BCUT2D eigenvalue weighted by Crippen LogP contribution is -2.05. The Morgan fingerprint density at radius 2 is 1.64 bits per heavy atom. The van der Waals surface area contributed by atoms with Gasteiger partial charge in [0.15, 0.2) is 0 Å². The lowest BCUT2D eigenvalue weighted by atomic mass is 9.87. The maximum atomic E-state index is 2.31. The van der Waals surface area contributed by atoms with Crippen LogP contribution in [-0.4, -0.2) is 0 Å². The van der Waals surface area contributed by atoms with E-state index in [0.717, 1.165) is 6.42 Å². The monoisotopic (exact) mass is 196 g/mol. The fourth-order valence-electron chi connectivity index (χ4n) is 1.29. The zero-order chi connectivity index (χ0) is 11.6. The van der Waals surface area contributed by atoms with Crippen molar-refractivity contribution in [3.63, 3.8) is 0 Å². The summed E-state index contributed by atoms with van der Waals surface area (Å²) in [5, 5.41) is 0. The lowest BCUT2D eigenvalue weighted by molar-refractivity contribution is 0.413. The summed E-state index contributed by atoms with van der Waals surface area (Å²) in [6, 6.07) is 0. The third-order valence-corrected chi connectivity index (χ3v) is 1.58. The third-order valence-electron chi connectivity index (χ3n) is 1.58. The van der Waals surface area contributed by atoms with Crippen LogP contribution < -0.4 is 0 Å². The largest absolute Gasteiger partial charge is 0.0874 e. The molecule has 0 aromatic carbocycles. The lowest BCUT2D eigenvalue weighted by Gasteiger charge is -2.18. The molecule has 84 valence electrons. The fraction of sp³-hybridized carbons (Fsp3) is 0.714. The fourth-order valence-corrected chi connectivity index (χ4v) is 1.29. The van der Waals surface area contributed by atoms with E-state index in [0.29, 0.717) is 5.41 Å². The molecule has 0 fully saturated rings. The van der Waals surface area contributed by atoms with Gasteiger partial charge in [-0.05, 0) is 25.2 Å². The van der Waals surface area contributed by atoms with Gasteiger partial charge in [-0.3, -0.25) is 0 Å². The Morgan fingerprint density at radius 3 is 1.93 bits per heavy atom. The second-order valence-electron chi connectivity index (χ2n) is 4.42. The molecule has 0 aliphatic rings. The topological polar surface area (TPSA) is 0 Å². The van der Waals surface area contributed by atoms with Gasteiger partial charge in [0.25, 0.3) is 0 Å². The summed E-state index contributed by atoms with van der Waals surface area (Å²) in [4.78, 5) is 0. The highest BCUT2D eigenvalue weighted by molar-refractivity contribution is 5.19. The van der Waals surface area contributed by atoms with E-state index >= 15 is 0 Å². The van der Waals surface area contributed by atoms with E-state index in [1.54, 1.807) is 0 Å². The summed E-state index contributed by atoms with van der Waals surface area (Å²) in [7, 11) is 0. The van der Waals surface area contributed by atoms with E-state index in [2.05, 4.69) is 52.8 Å². The quantitative estimate of drug-likeness (QED) is 0.533. The molecule has 0 aliphatic heterocycles. The van der Waals surface area contributed by atoms with Crippen molar-refractivity contribution in [2.24, 2.45) is 5.41 Å². The van der Waals surface area contributed by atoms with E-state index in [1.165, 1.54) is 12.0 Å². The number of rotatable bonds is 3. The van der Waals surface area contributed by atoms with E-state index in [-0.39, 0.29) is 0 Å². The van der Waals surface area contributed by atoms with Crippen LogP contribution in [0.5, 0.6) is 0 Å². The zero-order valence-electron chi connectivity index (χ0n) is 11.1. The second-order valence-corrected chi connectivity index (χ2v) is 4.42. The van der Waals surface area contributed by atoms with Gasteiger partial charge in [-0.2, -0.15) is 0 Å². The smallest absolute Gasteiger partial charge is 0.0233 e. The molecule has 0 heteroatoms. The van der Waals surface area contributed by atoms with Crippen LogP contribution in [0, 0.1) is 5.41 Å². The van der Waals surface area contributed by atoms with Crippen LogP contribution in [0.25, 0.3) is 0 Å². The molecule has 0 saturated carbocycles. The van der Waals surface area contributed by atoms with Crippen LogP contribution >= 0.6 is 0 Å². The molecule has 0 saturated heterocycles. The molecule has 0 amide bonds. The van der Waals surface area contributed by atoms with Crippen molar-refractivity contribution in [2.45, 2.75) is 61.3 Å². The molecule has 14 heavy (non-hydrogen) atoms. The molecule has 0 aromatic rings. The van der Waals surface area contributed by atoms with Gasteiger partial charge < -0.3 is 0 Å². The Bertz CT molecular complexity index is 165. The minimum absolute atomic E-state index is 0.403. The molecule has 0 N–H and O–H groups in total. The molecule has 0 bridgehead atoms. The van der Waals surface area contributed by atoms with Gasteiger partial charge in [0.2, 0.25) is 0 Å². The number of hydrogen-bond acceptors (Lipinski definition) is 0. The number of hydrogen-bond donors (Lipinski definition) is 0. The van der Waals surface area contributed by atoms with Crippen LogP contribution in [0.15, 0.2) is 23.8 Å². The summed E-state index contributed by atoms with van der Waals surface area (Å²) in [5.41, 5.74) is 1.87. The first-order valence-corrected chi connectivity index (χ1v) is 5.81. The zero-order valence-corrected chi connectivity index (χ0v) is 11.1. The molecule has 0 radical (unpaired) electrons. The highest BCUT2D eigenvalue weighted by Crippen LogP contribution is 2.24. The van der Waals surface area contributed by atoms with Gasteiger partial charge in [0, 0.05) is 0 Å². The molecule has 0 aromatic heterocycles. The van der Waals surface area contributed by atoms with Gasteiger partial charge in [0.1, 0.15) is 0 Å². The molecule has 0 spiro atoms. The van der Waals surface area contributed by atoms with Crippen molar-refractivity contribution in [3.05, 3.63) is 23.8 Å². The van der Waals surface area contributed by atoms with Crippen molar-refractivity contribution >= 4 is 0 Å². The molecule has 0 aliphatic carbocycles. The van der Waals surface area contributed by atoms with Crippen molar-refractivity contribution in [3.8, 4) is 0 Å². The average molecular weight is 196 g/mol. The Balaban J connectivity index is 0. The first-order chi connectivity index (χ1) is 6.49. The highest BCUT2D eigenvalue weighted by Gasteiger charge is 2.10. The summed E-state index contributed by atoms with van der Waals surface area (Å²) in [6.07, 6.45) is 8.95.